The van der Waals surface area contributed by atoms with Gasteiger partial charge in [-0.2, -0.15) is 0 Å². The summed E-state index contributed by atoms with van der Waals surface area (Å²) in [7, 11) is 0. The number of carbonyl (C=O) groups excluding carboxylic acids is 2. The fourth-order valence-electron chi connectivity index (χ4n) is 2.04. The molecule has 0 N–H and O–H groups in total. The standard InChI is InChI=1S/C15H17NO4/c1-3-19-15(18)13-9-11(2)10-16(13)20-14(17)12-7-5-4-6-8-12/h4-8,13H,2-3,9-10H2,1H3. The minimum Gasteiger partial charge on any atom is -0.465 e. The molecule has 20 heavy (non-hydrogen) atoms. The fourth-order valence-corrected chi connectivity index (χ4v) is 2.04. The second-order valence-electron chi connectivity index (χ2n) is 4.54. The Hall–Kier alpha value is -2.14. The Morgan fingerprint density at radius 2 is 2.05 bits per heavy atom. The van der Waals surface area contributed by atoms with Gasteiger partial charge in [-0.15, -0.1) is 5.06 Å². The van der Waals surface area contributed by atoms with E-state index in [4.69, 9.17) is 9.57 Å². The van der Waals surface area contributed by atoms with Crippen LogP contribution in [0.3, 0.4) is 0 Å². The zero-order chi connectivity index (χ0) is 14.5. The molecule has 1 aromatic carbocycles. The summed E-state index contributed by atoms with van der Waals surface area (Å²) in [6, 6.07) is 8.04. The zero-order valence-electron chi connectivity index (χ0n) is 11.4. The molecule has 5 nitrogen and oxygen atoms in total. The lowest BCUT2D eigenvalue weighted by Crippen LogP contribution is -2.38. The second kappa shape index (κ2) is 6.34. The monoisotopic (exact) mass is 275 g/mol. The Bertz CT molecular complexity index is 512. The van der Waals surface area contributed by atoms with Crippen LogP contribution in [0.1, 0.15) is 23.7 Å². The van der Waals surface area contributed by atoms with Crippen LogP contribution in [0.4, 0.5) is 0 Å². The van der Waals surface area contributed by atoms with Crippen molar-refractivity contribution in [2.75, 3.05) is 13.2 Å². The van der Waals surface area contributed by atoms with E-state index in [1.165, 1.54) is 5.06 Å². The third kappa shape index (κ3) is 3.24. The van der Waals surface area contributed by atoms with Gasteiger partial charge in [0.1, 0.15) is 6.04 Å². The van der Waals surface area contributed by atoms with Gasteiger partial charge in [0.15, 0.2) is 0 Å². The Morgan fingerprint density at radius 1 is 1.35 bits per heavy atom. The van der Waals surface area contributed by atoms with Gasteiger partial charge < -0.3 is 9.57 Å². The van der Waals surface area contributed by atoms with Gasteiger partial charge >= 0.3 is 11.9 Å². The highest BCUT2D eigenvalue weighted by molar-refractivity contribution is 5.89. The molecule has 106 valence electrons. The van der Waals surface area contributed by atoms with E-state index < -0.39 is 18.0 Å². The van der Waals surface area contributed by atoms with Crippen molar-refractivity contribution in [3.05, 3.63) is 48.0 Å². The first kappa shape index (κ1) is 14.3. The SMILES string of the molecule is C=C1CC(C(=O)OCC)N(OC(=O)c2ccccc2)C1. The highest BCUT2D eigenvalue weighted by atomic mass is 16.7. The number of rotatable bonds is 4. The smallest absolute Gasteiger partial charge is 0.357 e. The first-order chi connectivity index (χ1) is 9.61. The summed E-state index contributed by atoms with van der Waals surface area (Å²) in [4.78, 5) is 29.1. The van der Waals surface area contributed by atoms with Gasteiger partial charge in [-0.05, 0) is 25.5 Å². The Labute approximate surface area is 117 Å². The first-order valence-electron chi connectivity index (χ1n) is 6.49. The summed E-state index contributed by atoms with van der Waals surface area (Å²) in [6.07, 6.45) is 0.445. The largest absolute Gasteiger partial charge is 0.465 e. The quantitative estimate of drug-likeness (QED) is 0.621. The number of benzene rings is 1. The van der Waals surface area contributed by atoms with E-state index in [1.807, 2.05) is 6.07 Å². The predicted octanol–water partition coefficient (Wildman–Crippen LogP) is 1.95. The molecular weight excluding hydrogens is 258 g/mol. The van der Waals surface area contributed by atoms with Crippen molar-refractivity contribution < 1.29 is 19.2 Å². The zero-order valence-corrected chi connectivity index (χ0v) is 11.4. The van der Waals surface area contributed by atoms with Crippen molar-refractivity contribution in [3.8, 4) is 0 Å². The molecule has 0 amide bonds. The molecule has 2 rings (SSSR count). The van der Waals surface area contributed by atoms with Crippen LogP contribution in [0.15, 0.2) is 42.5 Å². The minimum atomic E-state index is -0.602. The van der Waals surface area contributed by atoms with E-state index in [1.54, 1.807) is 31.2 Å². The summed E-state index contributed by atoms with van der Waals surface area (Å²) in [5, 5.41) is 1.34. The van der Waals surface area contributed by atoms with E-state index in [9.17, 15) is 9.59 Å². The van der Waals surface area contributed by atoms with Crippen molar-refractivity contribution in [2.24, 2.45) is 0 Å². The van der Waals surface area contributed by atoms with E-state index in [2.05, 4.69) is 6.58 Å². The lowest BCUT2D eigenvalue weighted by atomic mass is 10.2. The number of esters is 1. The number of ether oxygens (including phenoxy) is 1. The van der Waals surface area contributed by atoms with E-state index in [-0.39, 0.29) is 0 Å². The van der Waals surface area contributed by atoms with Gasteiger partial charge in [-0.25, -0.2) is 4.79 Å². The van der Waals surface area contributed by atoms with Gasteiger partial charge in [0, 0.05) is 0 Å². The highest BCUT2D eigenvalue weighted by Crippen LogP contribution is 2.23. The maximum absolute atomic E-state index is 12.0. The van der Waals surface area contributed by atoms with Crippen molar-refractivity contribution >= 4 is 11.9 Å². The fraction of sp³-hybridized carbons (Fsp3) is 0.333. The van der Waals surface area contributed by atoms with Crippen LogP contribution in [0.2, 0.25) is 0 Å². The molecule has 1 aromatic rings. The number of hydrogen-bond acceptors (Lipinski definition) is 5. The molecule has 1 atom stereocenters. The molecule has 1 heterocycles. The summed E-state index contributed by atoms with van der Waals surface area (Å²) in [5.74, 6) is -0.887. The van der Waals surface area contributed by atoms with Crippen molar-refractivity contribution in [1.29, 1.82) is 0 Å². The molecule has 1 aliphatic heterocycles. The summed E-state index contributed by atoms with van der Waals surface area (Å²) in [5.41, 5.74) is 1.27. The lowest BCUT2D eigenvalue weighted by Gasteiger charge is -2.21. The molecule has 1 fully saturated rings. The topological polar surface area (TPSA) is 55.8 Å². The molecule has 1 saturated heterocycles. The van der Waals surface area contributed by atoms with Crippen molar-refractivity contribution in [1.82, 2.24) is 5.06 Å². The maximum Gasteiger partial charge on any atom is 0.357 e. The molecule has 5 heteroatoms. The minimum absolute atomic E-state index is 0.294. The number of hydroxylamine groups is 2. The van der Waals surface area contributed by atoms with Crippen molar-refractivity contribution in [3.63, 3.8) is 0 Å². The summed E-state index contributed by atoms with van der Waals surface area (Å²) in [6.45, 7) is 6.22. The van der Waals surface area contributed by atoms with Gasteiger partial charge in [0.25, 0.3) is 0 Å². The average molecular weight is 275 g/mol. The van der Waals surface area contributed by atoms with Gasteiger partial charge in [-0.1, -0.05) is 30.4 Å². The molecule has 1 unspecified atom stereocenters. The predicted molar refractivity (Wildman–Crippen MR) is 72.7 cm³/mol. The van der Waals surface area contributed by atoms with Crippen LogP contribution in [0.25, 0.3) is 0 Å². The van der Waals surface area contributed by atoms with E-state index in [0.29, 0.717) is 25.1 Å². The molecule has 0 saturated carbocycles. The van der Waals surface area contributed by atoms with Gasteiger partial charge in [0.2, 0.25) is 0 Å². The van der Waals surface area contributed by atoms with Gasteiger partial charge in [0.05, 0.1) is 18.7 Å². The Morgan fingerprint density at radius 3 is 2.70 bits per heavy atom. The van der Waals surface area contributed by atoms with Crippen LogP contribution in [0.5, 0.6) is 0 Å². The number of carbonyl (C=O) groups is 2. The lowest BCUT2D eigenvalue weighted by molar-refractivity contribution is -0.167. The first-order valence-corrected chi connectivity index (χ1v) is 6.49. The third-order valence-electron chi connectivity index (χ3n) is 2.98. The third-order valence-corrected chi connectivity index (χ3v) is 2.98. The Kier molecular flexibility index (Phi) is 4.53. The Balaban J connectivity index is 2.05. The van der Waals surface area contributed by atoms with Gasteiger partial charge in [-0.3, -0.25) is 4.79 Å². The summed E-state index contributed by atoms with van der Waals surface area (Å²) < 4.78 is 4.98. The molecule has 0 radical (unpaired) electrons. The highest BCUT2D eigenvalue weighted by Gasteiger charge is 2.37. The van der Waals surface area contributed by atoms with E-state index >= 15 is 0 Å². The average Bonchev–Trinajstić information content (AvgIpc) is 2.81. The van der Waals surface area contributed by atoms with Crippen LogP contribution in [-0.4, -0.2) is 36.2 Å². The summed E-state index contributed by atoms with van der Waals surface area (Å²) >= 11 is 0. The molecule has 0 bridgehead atoms. The number of nitrogens with zero attached hydrogens (tertiary/aromatic N) is 1. The maximum atomic E-state index is 12.0. The van der Waals surface area contributed by atoms with Crippen LogP contribution in [0, 0.1) is 0 Å². The molecule has 0 aliphatic carbocycles. The molecular formula is C15H17NO4. The number of hydrogen-bond donors (Lipinski definition) is 0. The second-order valence-corrected chi connectivity index (χ2v) is 4.54. The van der Waals surface area contributed by atoms with Crippen LogP contribution < -0.4 is 0 Å². The van der Waals surface area contributed by atoms with Crippen LogP contribution in [-0.2, 0) is 14.4 Å². The molecule has 1 aliphatic rings. The van der Waals surface area contributed by atoms with Crippen LogP contribution >= 0.6 is 0 Å². The molecule has 0 spiro atoms. The van der Waals surface area contributed by atoms with E-state index in [0.717, 1.165) is 5.57 Å². The normalized spacial score (nSPS) is 18.9. The molecule has 0 aromatic heterocycles. The van der Waals surface area contributed by atoms with Crippen molar-refractivity contribution in [2.45, 2.75) is 19.4 Å².